The Bertz CT molecular complexity index is 1000. The van der Waals surface area contributed by atoms with E-state index < -0.39 is 5.82 Å². The van der Waals surface area contributed by atoms with Crippen molar-refractivity contribution in [2.75, 3.05) is 11.9 Å². The van der Waals surface area contributed by atoms with Gasteiger partial charge in [0.25, 0.3) is 0 Å². The first-order valence-corrected chi connectivity index (χ1v) is 8.70. The number of imidazole rings is 1. The lowest BCUT2D eigenvalue weighted by Gasteiger charge is -2.29. The molecule has 1 N–H and O–H groups in total. The summed E-state index contributed by atoms with van der Waals surface area (Å²) in [5.74, 6) is -0.855. The van der Waals surface area contributed by atoms with Gasteiger partial charge in [-0.3, -0.25) is 0 Å². The Labute approximate surface area is 159 Å². The van der Waals surface area contributed by atoms with E-state index >= 15 is 0 Å². The van der Waals surface area contributed by atoms with Crippen molar-refractivity contribution in [2.45, 2.75) is 13.1 Å². The Hall–Kier alpha value is -2.93. The second-order valence-electron chi connectivity index (χ2n) is 6.22. The average Bonchev–Trinajstić information content (AvgIpc) is 3.08. The van der Waals surface area contributed by atoms with Crippen molar-refractivity contribution >= 4 is 23.3 Å². The summed E-state index contributed by atoms with van der Waals surface area (Å²) >= 11 is 5.76. The molecule has 4 rings (SSSR count). The number of fused-ring (bicyclic) bond motifs is 1. The number of anilines is 1. The zero-order chi connectivity index (χ0) is 19.0. The summed E-state index contributed by atoms with van der Waals surface area (Å²) in [7, 11) is 0. The maximum atomic E-state index is 13.3. The van der Waals surface area contributed by atoms with Crippen LogP contribution in [0.3, 0.4) is 0 Å². The number of hydrogen-bond donors (Lipinski definition) is 1. The van der Waals surface area contributed by atoms with Gasteiger partial charge in [-0.15, -0.1) is 0 Å². The molecule has 2 aromatic carbocycles. The molecule has 2 amide bonds. The number of hydrogen-bond acceptors (Lipinski definition) is 2. The van der Waals surface area contributed by atoms with E-state index in [1.54, 1.807) is 23.4 Å². The predicted molar refractivity (Wildman–Crippen MR) is 98.5 cm³/mol. The van der Waals surface area contributed by atoms with Crippen LogP contribution >= 0.6 is 11.6 Å². The smallest absolute Gasteiger partial charge is 0.322 e. The Kier molecular flexibility index (Phi) is 4.53. The van der Waals surface area contributed by atoms with Crippen LogP contribution in [0.1, 0.15) is 5.69 Å². The summed E-state index contributed by atoms with van der Waals surface area (Å²) in [6, 6.07) is 9.81. The number of rotatable bonds is 2. The number of nitrogens with zero attached hydrogens (tertiary/aromatic N) is 3. The first-order valence-electron chi connectivity index (χ1n) is 8.32. The summed E-state index contributed by atoms with van der Waals surface area (Å²) in [5.41, 5.74) is 2.81. The number of nitrogens with one attached hydrogen (secondary N) is 1. The molecular formula is C19H15ClF2N4O. The fraction of sp³-hybridized carbons (Fsp3) is 0.158. The highest BCUT2D eigenvalue weighted by molar-refractivity contribution is 6.31. The van der Waals surface area contributed by atoms with Crippen LogP contribution in [-0.4, -0.2) is 27.0 Å². The van der Waals surface area contributed by atoms with E-state index in [0.29, 0.717) is 25.3 Å². The summed E-state index contributed by atoms with van der Waals surface area (Å²) in [5, 5.41) is 2.67. The summed E-state index contributed by atoms with van der Waals surface area (Å²) in [6.07, 6.45) is 1.73. The van der Waals surface area contributed by atoms with Crippen molar-refractivity contribution in [2.24, 2.45) is 0 Å². The molecule has 0 fully saturated rings. The average molecular weight is 389 g/mol. The van der Waals surface area contributed by atoms with Gasteiger partial charge in [-0.05, 0) is 42.5 Å². The Morgan fingerprint density at radius 3 is 2.63 bits per heavy atom. The lowest BCUT2D eigenvalue weighted by Crippen LogP contribution is -2.40. The SMILES string of the molecule is O=C(Nc1ccc(F)c(Cl)c1)N1CCn2cnc(-c3ccc(F)cc3)c2C1. The monoisotopic (exact) mass is 388 g/mol. The van der Waals surface area contributed by atoms with Gasteiger partial charge >= 0.3 is 6.03 Å². The fourth-order valence-electron chi connectivity index (χ4n) is 3.05. The molecule has 0 radical (unpaired) electrons. The minimum atomic E-state index is -0.541. The molecule has 138 valence electrons. The number of carbonyl (C=O) groups excluding carboxylic acids is 1. The van der Waals surface area contributed by atoms with E-state index in [9.17, 15) is 13.6 Å². The Morgan fingerprint density at radius 1 is 1.11 bits per heavy atom. The lowest BCUT2D eigenvalue weighted by atomic mass is 10.1. The topological polar surface area (TPSA) is 50.2 Å². The zero-order valence-electron chi connectivity index (χ0n) is 14.1. The van der Waals surface area contributed by atoms with Crippen LogP contribution in [0.25, 0.3) is 11.3 Å². The first kappa shape index (κ1) is 17.5. The number of amides is 2. The molecule has 8 heteroatoms. The lowest BCUT2D eigenvalue weighted by molar-refractivity contribution is 0.197. The van der Waals surface area contributed by atoms with Gasteiger partial charge in [0.1, 0.15) is 11.6 Å². The van der Waals surface area contributed by atoms with E-state index in [2.05, 4.69) is 10.3 Å². The molecule has 3 aromatic rings. The van der Waals surface area contributed by atoms with Crippen LogP contribution in [0.5, 0.6) is 0 Å². The second-order valence-corrected chi connectivity index (χ2v) is 6.63. The van der Waals surface area contributed by atoms with E-state index in [1.165, 1.54) is 30.3 Å². The number of aromatic nitrogens is 2. The van der Waals surface area contributed by atoms with Crippen molar-refractivity contribution in [1.82, 2.24) is 14.5 Å². The largest absolute Gasteiger partial charge is 0.331 e. The second kappa shape index (κ2) is 7.00. The minimum absolute atomic E-state index is 0.0527. The predicted octanol–water partition coefficient (Wildman–Crippen LogP) is 4.53. The van der Waals surface area contributed by atoms with E-state index in [1.807, 2.05) is 4.57 Å². The molecule has 0 bridgehead atoms. The van der Waals surface area contributed by atoms with Crippen LogP contribution < -0.4 is 5.32 Å². The molecule has 0 atom stereocenters. The van der Waals surface area contributed by atoms with Gasteiger partial charge in [-0.25, -0.2) is 18.6 Å². The van der Waals surface area contributed by atoms with Crippen LogP contribution in [0.2, 0.25) is 5.02 Å². The highest BCUT2D eigenvalue weighted by Gasteiger charge is 2.24. The van der Waals surface area contributed by atoms with E-state index in [-0.39, 0.29) is 16.9 Å². The fourth-order valence-corrected chi connectivity index (χ4v) is 3.23. The van der Waals surface area contributed by atoms with Crippen LogP contribution in [0.4, 0.5) is 19.3 Å². The number of halogens is 3. The van der Waals surface area contributed by atoms with Gasteiger partial charge in [-0.2, -0.15) is 0 Å². The molecular weight excluding hydrogens is 374 g/mol. The maximum absolute atomic E-state index is 13.3. The molecule has 0 saturated heterocycles. The summed E-state index contributed by atoms with van der Waals surface area (Å²) < 4.78 is 28.4. The van der Waals surface area contributed by atoms with Crippen LogP contribution in [0.15, 0.2) is 48.8 Å². The van der Waals surface area contributed by atoms with Crippen molar-refractivity contribution < 1.29 is 13.6 Å². The number of urea groups is 1. The molecule has 1 aliphatic heterocycles. The summed E-state index contributed by atoms with van der Waals surface area (Å²) in [6.45, 7) is 1.46. The molecule has 2 heterocycles. The molecule has 5 nitrogen and oxygen atoms in total. The Balaban J connectivity index is 1.53. The maximum Gasteiger partial charge on any atom is 0.322 e. The third kappa shape index (κ3) is 3.50. The van der Waals surface area contributed by atoms with Crippen molar-refractivity contribution in [1.29, 1.82) is 0 Å². The van der Waals surface area contributed by atoms with Gasteiger partial charge in [0.2, 0.25) is 0 Å². The third-order valence-electron chi connectivity index (χ3n) is 4.47. The quantitative estimate of drug-likeness (QED) is 0.701. The van der Waals surface area contributed by atoms with Gasteiger partial charge in [0.05, 0.1) is 29.3 Å². The van der Waals surface area contributed by atoms with Gasteiger partial charge in [0, 0.05) is 24.3 Å². The van der Waals surface area contributed by atoms with E-state index in [4.69, 9.17) is 11.6 Å². The molecule has 0 saturated carbocycles. The van der Waals surface area contributed by atoms with Crippen molar-refractivity contribution in [3.63, 3.8) is 0 Å². The highest BCUT2D eigenvalue weighted by atomic mass is 35.5. The van der Waals surface area contributed by atoms with Gasteiger partial charge in [0.15, 0.2) is 0 Å². The van der Waals surface area contributed by atoms with Gasteiger partial charge in [-0.1, -0.05) is 11.6 Å². The molecule has 1 aliphatic rings. The number of benzene rings is 2. The van der Waals surface area contributed by atoms with E-state index in [0.717, 1.165) is 17.0 Å². The summed E-state index contributed by atoms with van der Waals surface area (Å²) in [4.78, 5) is 18.6. The highest BCUT2D eigenvalue weighted by Crippen LogP contribution is 2.27. The molecule has 0 spiro atoms. The molecule has 0 unspecified atom stereocenters. The number of carbonyl (C=O) groups is 1. The minimum Gasteiger partial charge on any atom is -0.331 e. The van der Waals surface area contributed by atoms with Gasteiger partial charge < -0.3 is 14.8 Å². The van der Waals surface area contributed by atoms with Crippen molar-refractivity contribution in [3.8, 4) is 11.3 Å². The standard InChI is InChI=1S/C19H15ClF2N4O/c20-15-9-14(5-6-16(15)22)24-19(27)25-7-8-26-11-23-18(17(26)10-25)12-1-3-13(21)4-2-12/h1-6,9,11H,7-8,10H2,(H,24,27). The van der Waals surface area contributed by atoms with Crippen LogP contribution in [0, 0.1) is 11.6 Å². The molecule has 1 aromatic heterocycles. The van der Waals surface area contributed by atoms with Crippen molar-refractivity contribution in [3.05, 3.63) is 71.1 Å². The molecule has 0 aliphatic carbocycles. The first-order chi connectivity index (χ1) is 13.0. The van der Waals surface area contributed by atoms with Crippen LogP contribution in [-0.2, 0) is 13.1 Å². The zero-order valence-corrected chi connectivity index (χ0v) is 14.9. The Morgan fingerprint density at radius 2 is 1.89 bits per heavy atom. The third-order valence-corrected chi connectivity index (χ3v) is 4.76. The normalized spacial score (nSPS) is 13.4. The molecule has 27 heavy (non-hydrogen) atoms.